The summed E-state index contributed by atoms with van der Waals surface area (Å²) < 4.78 is 31.2. The third-order valence-electron chi connectivity index (χ3n) is 2.62. The number of amides is 1. The quantitative estimate of drug-likeness (QED) is 0.664. The van der Waals surface area contributed by atoms with Gasteiger partial charge in [-0.2, -0.15) is 0 Å². The SMILES string of the molecule is COCCCNC(=O)CCNS(=O)(=O)c1ccccc1Cl. The average molecular weight is 335 g/mol. The molecule has 0 radical (unpaired) electrons. The maximum Gasteiger partial charge on any atom is 0.242 e. The number of ether oxygens (including phenoxy) is 1. The highest BCUT2D eigenvalue weighted by Crippen LogP contribution is 2.19. The Morgan fingerprint density at radius 1 is 1.29 bits per heavy atom. The third-order valence-corrected chi connectivity index (χ3v) is 4.58. The van der Waals surface area contributed by atoms with E-state index in [1.165, 1.54) is 12.1 Å². The van der Waals surface area contributed by atoms with Crippen LogP contribution in [0.25, 0.3) is 0 Å². The molecule has 0 heterocycles. The second-order valence-electron chi connectivity index (χ2n) is 4.27. The summed E-state index contributed by atoms with van der Waals surface area (Å²) in [6.07, 6.45) is 0.782. The standard InChI is InChI=1S/C13H19ClN2O4S/c1-20-10-4-8-15-13(17)7-9-16-21(18,19)12-6-3-2-5-11(12)14/h2-3,5-6,16H,4,7-10H2,1H3,(H,15,17). The molecule has 2 N–H and O–H groups in total. The Hall–Kier alpha value is -1.15. The van der Waals surface area contributed by atoms with Gasteiger partial charge < -0.3 is 10.1 Å². The zero-order valence-electron chi connectivity index (χ0n) is 11.8. The number of carbonyl (C=O) groups is 1. The van der Waals surface area contributed by atoms with Crippen LogP contribution in [0, 0.1) is 0 Å². The number of halogens is 1. The van der Waals surface area contributed by atoms with Crippen molar-refractivity contribution in [3.05, 3.63) is 29.3 Å². The van der Waals surface area contributed by atoms with E-state index in [-0.39, 0.29) is 28.8 Å². The molecule has 1 rings (SSSR count). The summed E-state index contributed by atoms with van der Waals surface area (Å²) in [6, 6.07) is 6.14. The van der Waals surface area contributed by atoms with Crippen LogP contribution < -0.4 is 10.0 Å². The highest BCUT2D eigenvalue weighted by molar-refractivity contribution is 7.89. The van der Waals surface area contributed by atoms with Gasteiger partial charge in [0.05, 0.1) is 5.02 Å². The molecule has 0 aliphatic heterocycles. The summed E-state index contributed by atoms with van der Waals surface area (Å²) in [4.78, 5) is 11.5. The molecule has 0 fully saturated rings. The van der Waals surface area contributed by atoms with Gasteiger partial charge in [0.25, 0.3) is 0 Å². The molecule has 0 bridgehead atoms. The lowest BCUT2D eigenvalue weighted by Crippen LogP contribution is -2.31. The number of rotatable bonds is 9. The molecule has 0 aromatic heterocycles. The van der Waals surface area contributed by atoms with Crippen LogP contribution >= 0.6 is 11.6 Å². The molecule has 0 aliphatic carbocycles. The molecule has 0 atom stereocenters. The van der Waals surface area contributed by atoms with Crippen molar-refractivity contribution < 1.29 is 17.9 Å². The van der Waals surface area contributed by atoms with Crippen LogP contribution in [0.4, 0.5) is 0 Å². The Balaban J connectivity index is 2.38. The molecule has 1 aromatic rings. The number of benzene rings is 1. The molecule has 118 valence electrons. The van der Waals surface area contributed by atoms with E-state index in [2.05, 4.69) is 10.0 Å². The van der Waals surface area contributed by atoms with Gasteiger partial charge in [-0.25, -0.2) is 13.1 Å². The Kier molecular flexibility index (Phi) is 7.66. The highest BCUT2D eigenvalue weighted by atomic mass is 35.5. The summed E-state index contributed by atoms with van der Waals surface area (Å²) in [7, 11) is -2.11. The lowest BCUT2D eigenvalue weighted by molar-refractivity contribution is -0.120. The third kappa shape index (κ3) is 6.43. The smallest absolute Gasteiger partial charge is 0.242 e. The number of carbonyl (C=O) groups excluding carboxylic acids is 1. The van der Waals surface area contributed by atoms with Crippen molar-refractivity contribution in [1.29, 1.82) is 0 Å². The molecule has 6 nitrogen and oxygen atoms in total. The first-order chi connectivity index (χ1) is 9.97. The second kappa shape index (κ2) is 8.99. The van der Waals surface area contributed by atoms with E-state index in [1.54, 1.807) is 19.2 Å². The molecule has 1 amide bonds. The van der Waals surface area contributed by atoms with Crippen molar-refractivity contribution in [3.63, 3.8) is 0 Å². The van der Waals surface area contributed by atoms with Gasteiger partial charge in [-0.15, -0.1) is 0 Å². The Bertz CT molecular complexity index is 563. The van der Waals surface area contributed by atoms with E-state index < -0.39 is 10.0 Å². The van der Waals surface area contributed by atoms with Crippen LogP contribution in [0.3, 0.4) is 0 Å². The summed E-state index contributed by atoms with van der Waals surface area (Å²) in [6.45, 7) is 1.09. The molecule has 8 heteroatoms. The predicted molar refractivity (Wildman–Crippen MR) is 80.8 cm³/mol. The fourth-order valence-electron chi connectivity index (χ4n) is 1.57. The molecule has 0 spiro atoms. The minimum absolute atomic E-state index is 0.00664. The molecule has 0 saturated heterocycles. The van der Waals surface area contributed by atoms with Crippen molar-refractivity contribution in [1.82, 2.24) is 10.0 Å². The molecule has 21 heavy (non-hydrogen) atoms. The molecule has 0 unspecified atom stereocenters. The molecule has 1 aromatic carbocycles. The largest absolute Gasteiger partial charge is 0.385 e. The number of methoxy groups -OCH3 is 1. The van der Waals surface area contributed by atoms with Gasteiger partial charge >= 0.3 is 0 Å². The van der Waals surface area contributed by atoms with Gasteiger partial charge in [0.15, 0.2) is 0 Å². The zero-order valence-corrected chi connectivity index (χ0v) is 13.3. The number of sulfonamides is 1. The van der Waals surface area contributed by atoms with Crippen LogP contribution in [0.15, 0.2) is 29.2 Å². The molecule has 0 saturated carbocycles. The summed E-state index contributed by atoms with van der Waals surface area (Å²) >= 11 is 5.84. The fraction of sp³-hybridized carbons (Fsp3) is 0.462. The lowest BCUT2D eigenvalue weighted by atomic mass is 10.4. The lowest BCUT2D eigenvalue weighted by Gasteiger charge is -2.08. The first-order valence-electron chi connectivity index (χ1n) is 6.47. The average Bonchev–Trinajstić information content (AvgIpc) is 2.44. The van der Waals surface area contributed by atoms with Crippen molar-refractivity contribution in [3.8, 4) is 0 Å². The predicted octanol–water partition coefficient (Wildman–Crippen LogP) is 1.16. The van der Waals surface area contributed by atoms with Crippen LogP contribution in [0.2, 0.25) is 5.02 Å². The van der Waals surface area contributed by atoms with Crippen LogP contribution in [-0.4, -0.2) is 41.1 Å². The minimum Gasteiger partial charge on any atom is -0.385 e. The number of hydrogen-bond acceptors (Lipinski definition) is 4. The summed E-state index contributed by atoms with van der Waals surface area (Å²) in [5, 5.41) is 2.82. The van der Waals surface area contributed by atoms with Crippen molar-refractivity contribution in [2.45, 2.75) is 17.7 Å². The fourth-order valence-corrected chi connectivity index (χ4v) is 3.12. The van der Waals surface area contributed by atoms with Crippen molar-refractivity contribution in [2.24, 2.45) is 0 Å². The van der Waals surface area contributed by atoms with Gasteiger partial charge in [0.2, 0.25) is 15.9 Å². The van der Waals surface area contributed by atoms with Gasteiger partial charge in [0.1, 0.15) is 4.90 Å². The van der Waals surface area contributed by atoms with Crippen LogP contribution in [-0.2, 0) is 19.6 Å². The first-order valence-corrected chi connectivity index (χ1v) is 8.33. The molecule has 0 aliphatic rings. The Morgan fingerprint density at radius 2 is 2.00 bits per heavy atom. The van der Waals surface area contributed by atoms with Crippen molar-refractivity contribution in [2.75, 3.05) is 26.8 Å². The first kappa shape index (κ1) is 17.9. The van der Waals surface area contributed by atoms with Gasteiger partial charge in [0, 0.05) is 33.2 Å². The summed E-state index contributed by atoms with van der Waals surface area (Å²) in [5.74, 6) is -0.215. The monoisotopic (exact) mass is 334 g/mol. The van der Waals surface area contributed by atoms with Gasteiger partial charge in [-0.05, 0) is 18.6 Å². The zero-order chi connectivity index (χ0) is 15.7. The van der Waals surface area contributed by atoms with E-state index in [9.17, 15) is 13.2 Å². The van der Waals surface area contributed by atoms with Crippen molar-refractivity contribution >= 4 is 27.5 Å². The number of nitrogens with one attached hydrogen (secondary N) is 2. The van der Waals surface area contributed by atoms with Crippen LogP contribution in [0.1, 0.15) is 12.8 Å². The maximum absolute atomic E-state index is 12.0. The van der Waals surface area contributed by atoms with E-state index >= 15 is 0 Å². The highest BCUT2D eigenvalue weighted by Gasteiger charge is 2.17. The normalized spacial score (nSPS) is 11.3. The van der Waals surface area contributed by atoms with E-state index in [4.69, 9.17) is 16.3 Å². The second-order valence-corrected chi connectivity index (χ2v) is 6.42. The maximum atomic E-state index is 12.0. The van der Waals surface area contributed by atoms with E-state index in [1.807, 2.05) is 0 Å². The summed E-state index contributed by atoms with van der Waals surface area (Å²) in [5.41, 5.74) is 0. The van der Waals surface area contributed by atoms with E-state index in [0.29, 0.717) is 19.6 Å². The number of hydrogen-bond donors (Lipinski definition) is 2. The molecular weight excluding hydrogens is 316 g/mol. The Morgan fingerprint density at radius 3 is 2.67 bits per heavy atom. The van der Waals surface area contributed by atoms with E-state index in [0.717, 1.165) is 0 Å². The minimum atomic E-state index is -3.70. The van der Waals surface area contributed by atoms with Crippen LogP contribution in [0.5, 0.6) is 0 Å². The van der Waals surface area contributed by atoms with Gasteiger partial charge in [-0.3, -0.25) is 4.79 Å². The topological polar surface area (TPSA) is 84.5 Å². The molecular formula is C13H19ClN2O4S. The Labute approximate surface area is 129 Å². The van der Waals surface area contributed by atoms with Gasteiger partial charge in [-0.1, -0.05) is 23.7 Å².